The van der Waals surface area contributed by atoms with Crippen molar-refractivity contribution in [3.05, 3.63) is 54.0 Å². The van der Waals surface area contributed by atoms with Gasteiger partial charge in [-0.3, -0.25) is 0 Å². The Morgan fingerprint density at radius 2 is 2.18 bits per heavy atom. The lowest BCUT2D eigenvalue weighted by molar-refractivity contribution is 0.0594. The van der Waals surface area contributed by atoms with Crippen molar-refractivity contribution in [1.29, 1.82) is 0 Å². The van der Waals surface area contributed by atoms with Crippen molar-refractivity contribution in [2.45, 2.75) is 25.3 Å². The van der Waals surface area contributed by atoms with Gasteiger partial charge in [-0.25, -0.2) is 14.8 Å². The molecule has 1 saturated carbocycles. The molecule has 0 aliphatic heterocycles. The zero-order chi connectivity index (χ0) is 15.1. The molecule has 0 amide bonds. The summed E-state index contributed by atoms with van der Waals surface area (Å²) in [6, 6.07) is 4.22. The first-order valence-corrected chi connectivity index (χ1v) is 7.30. The summed E-state index contributed by atoms with van der Waals surface area (Å²) in [6.45, 7) is 0.574. The molecule has 0 bridgehead atoms. The number of imidazole rings is 2. The summed E-state index contributed by atoms with van der Waals surface area (Å²) in [4.78, 5) is 20.0. The van der Waals surface area contributed by atoms with Gasteiger partial charge in [-0.15, -0.1) is 0 Å². The number of carbonyl (C=O) groups excluding carboxylic acids is 1. The molecule has 1 aliphatic carbocycles. The zero-order valence-corrected chi connectivity index (χ0v) is 12.3. The first-order chi connectivity index (χ1) is 10.7. The molecule has 3 aromatic rings. The summed E-state index contributed by atoms with van der Waals surface area (Å²) in [5.74, 6) is 0.300. The minimum Gasteiger partial charge on any atom is -0.464 e. The molecule has 6 nitrogen and oxygen atoms in total. The lowest BCUT2D eigenvalue weighted by Gasteiger charge is -1.98. The number of nitrogens with zero attached hydrogens (tertiary/aromatic N) is 4. The quantitative estimate of drug-likeness (QED) is 0.693. The molecule has 22 heavy (non-hydrogen) atoms. The van der Waals surface area contributed by atoms with E-state index in [1.807, 2.05) is 10.8 Å². The van der Waals surface area contributed by atoms with Crippen LogP contribution in [0.2, 0.25) is 0 Å². The van der Waals surface area contributed by atoms with E-state index in [0.29, 0.717) is 12.2 Å². The number of aromatic nitrogens is 4. The molecule has 1 aliphatic rings. The predicted octanol–water partition coefficient (Wildman–Crippen LogP) is 2.24. The standard InChI is InChI=1S/C16H16N4O2/c1-22-16(21)14-9-19(10-17-14)7-13-8-20-6-12(11-2-3-11)4-5-15(20)18-13/h4-6,8-11H,2-3,7H2,1H3. The molecular weight excluding hydrogens is 280 g/mol. The average molecular weight is 296 g/mol. The highest BCUT2D eigenvalue weighted by molar-refractivity contribution is 5.86. The van der Waals surface area contributed by atoms with Crippen LogP contribution >= 0.6 is 0 Å². The summed E-state index contributed by atoms with van der Waals surface area (Å²) < 4.78 is 8.55. The minimum absolute atomic E-state index is 0.308. The van der Waals surface area contributed by atoms with Crippen molar-refractivity contribution in [2.75, 3.05) is 7.11 Å². The number of ether oxygens (including phenoxy) is 1. The number of fused-ring (bicyclic) bond motifs is 1. The summed E-state index contributed by atoms with van der Waals surface area (Å²) in [7, 11) is 1.35. The van der Waals surface area contributed by atoms with Crippen LogP contribution in [0.5, 0.6) is 0 Å². The SMILES string of the molecule is COC(=O)c1cn(Cc2cn3cc(C4CC4)ccc3n2)cn1. The van der Waals surface area contributed by atoms with Crippen molar-refractivity contribution in [2.24, 2.45) is 0 Å². The number of hydrogen-bond acceptors (Lipinski definition) is 4. The first kappa shape index (κ1) is 13.1. The summed E-state index contributed by atoms with van der Waals surface area (Å²) in [5.41, 5.74) is 3.56. The molecule has 1 fully saturated rings. The Morgan fingerprint density at radius 3 is 2.95 bits per heavy atom. The Balaban J connectivity index is 1.58. The van der Waals surface area contributed by atoms with Gasteiger partial charge in [0, 0.05) is 18.6 Å². The number of esters is 1. The highest BCUT2D eigenvalue weighted by Gasteiger charge is 2.23. The van der Waals surface area contributed by atoms with E-state index in [1.54, 1.807) is 12.5 Å². The van der Waals surface area contributed by atoms with Crippen molar-refractivity contribution < 1.29 is 9.53 Å². The van der Waals surface area contributed by atoms with Gasteiger partial charge >= 0.3 is 5.97 Å². The monoisotopic (exact) mass is 296 g/mol. The summed E-state index contributed by atoms with van der Waals surface area (Å²) in [6.07, 6.45) is 10.1. The van der Waals surface area contributed by atoms with Gasteiger partial charge < -0.3 is 13.7 Å². The van der Waals surface area contributed by atoms with Gasteiger partial charge in [-0.2, -0.15) is 0 Å². The van der Waals surface area contributed by atoms with E-state index >= 15 is 0 Å². The highest BCUT2D eigenvalue weighted by atomic mass is 16.5. The number of rotatable bonds is 4. The molecule has 0 unspecified atom stereocenters. The fourth-order valence-corrected chi connectivity index (χ4v) is 2.64. The van der Waals surface area contributed by atoms with Crippen LogP contribution in [0.3, 0.4) is 0 Å². The third-order valence-electron chi connectivity index (χ3n) is 3.94. The van der Waals surface area contributed by atoms with Crippen molar-refractivity contribution >= 4 is 11.6 Å². The molecule has 0 atom stereocenters. The van der Waals surface area contributed by atoms with Crippen molar-refractivity contribution in [1.82, 2.24) is 18.9 Å². The number of carbonyl (C=O) groups is 1. The second-order valence-corrected chi connectivity index (χ2v) is 5.66. The predicted molar refractivity (Wildman–Crippen MR) is 79.8 cm³/mol. The van der Waals surface area contributed by atoms with Crippen LogP contribution in [0.4, 0.5) is 0 Å². The van der Waals surface area contributed by atoms with Gasteiger partial charge in [0.15, 0.2) is 5.69 Å². The van der Waals surface area contributed by atoms with Gasteiger partial charge in [0.25, 0.3) is 0 Å². The second kappa shape index (κ2) is 4.98. The van der Waals surface area contributed by atoms with Crippen molar-refractivity contribution in [3.63, 3.8) is 0 Å². The Hall–Kier alpha value is -2.63. The Kier molecular flexibility index (Phi) is 2.96. The number of methoxy groups -OCH3 is 1. The molecule has 112 valence electrons. The Labute approximate surface area is 127 Å². The molecule has 0 spiro atoms. The van der Waals surface area contributed by atoms with E-state index in [4.69, 9.17) is 0 Å². The molecule has 0 radical (unpaired) electrons. The Morgan fingerprint density at radius 1 is 1.32 bits per heavy atom. The van der Waals surface area contributed by atoms with Crippen LogP contribution < -0.4 is 0 Å². The smallest absolute Gasteiger partial charge is 0.358 e. The lowest BCUT2D eigenvalue weighted by atomic mass is 10.2. The molecule has 3 heterocycles. The third kappa shape index (κ3) is 2.36. The number of hydrogen-bond donors (Lipinski definition) is 0. The minimum atomic E-state index is -0.428. The van der Waals surface area contributed by atoms with E-state index in [0.717, 1.165) is 17.3 Å². The van der Waals surface area contributed by atoms with Crippen LogP contribution in [0, 0.1) is 0 Å². The highest BCUT2D eigenvalue weighted by Crippen LogP contribution is 2.39. The van der Waals surface area contributed by atoms with Gasteiger partial charge in [0.2, 0.25) is 0 Å². The molecule has 4 rings (SSSR count). The number of pyridine rings is 1. The maximum atomic E-state index is 11.4. The van der Waals surface area contributed by atoms with Crippen LogP contribution in [-0.2, 0) is 11.3 Å². The summed E-state index contributed by atoms with van der Waals surface area (Å²) in [5, 5.41) is 0. The first-order valence-electron chi connectivity index (χ1n) is 7.30. The lowest BCUT2D eigenvalue weighted by Crippen LogP contribution is -2.01. The van der Waals surface area contributed by atoms with Crippen LogP contribution in [-0.4, -0.2) is 32.0 Å². The fourth-order valence-electron chi connectivity index (χ4n) is 2.64. The zero-order valence-electron chi connectivity index (χ0n) is 12.3. The molecular formula is C16H16N4O2. The van der Waals surface area contributed by atoms with E-state index in [1.165, 1.54) is 25.5 Å². The van der Waals surface area contributed by atoms with Crippen molar-refractivity contribution in [3.8, 4) is 0 Å². The van der Waals surface area contributed by atoms with E-state index in [2.05, 4.69) is 37.4 Å². The van der Waals surface area contributed by atoms with Gasteiger partial charge in [0.1, 0.15) is 5.65 Å². The molecule has 6 heteroatoms. The van der Waals surface area contributed by atoms with E-state index < -0.39 is 5.97 Å². The maximum absolute atomic E-state index is 11.4. The molecule has 3 aromatic heterocycles. The van der Waals surface area contributed by atoms with Crippen LogP contribution in [0.25, 0.3) is 5.65 Å². The third-order valence-corrected chi connectivity index (χ3v) is 3.94. The molecule has 0 aromatic carbocycles. The topological polar surface area (TPSA) is 61.4 Å². The largest absolute Gasteiger partial charge is 0.464 e. The van der Waals surface area contributed by atoms with E-state index in [9.17, 15) is 4.79 Å². The molecule has 0 saturated heterocycles. The van der Waals surface area contributed by atoms with Crippen LogP contribution in [0.1, 0.15) is 40.5 Å². The van der Waals surface area contributed by atoms with Crippen LogP contribution in [0.15, 0.2) is 37.1 Å². The average Bonchev–Trinajstić information content (AvgIpc) is 3.15. The molecule has 0 N–H and O–H groups in total. The normalized spacial score (nSPS) is 14.4. The fraction of sp³-hybridized carbons (Fsp3) is 0.312. The van der Waals surface area contributed by atoms with Gasteiger partial charge in [0.05, 0.1) is 25.7 Å². The summed E-state index contributed by atoms with van der Waals surface area (Å²) >= 11 is 0. The van der Waals surface area contributed by atoms with Gasteiger partial charge in [-0.05, 0) is 30.4 Å². The van der Waals surface area contributed by atoms with Gasteiger partial charge in [-0.1, -0.05) is 6.07 Å². The second-order valence-electron chi connectivity index (χ2n) is 5.66. The maximum Gasteiger partial charge on any atom is 0.358 e. The Bertz CT molecular complexity index is 845. The van der Waals surface area contributed by atoms with E-state index in [-0.39, 0.29) is 0 Å².